The van der Waals surface area contributed by atoms with Crippen LogP contribution in [0.25, 0.3) is 10.9 Å². The first-order valence-electron chi connectivity index (χ1n) is 10.9. The molecule has 1 aromatic heterocycles. The highest BCUT2D eigenvalue weighted by Crippen LogP contribution is 2.32. The molecule has 0 spiro atoms. The number of nitrogens with zero attached hydrogens (tertiary/aromatic N) is 1. The molecule has 7 heteroatoms. The van der Waals surface area contributed by atoms with Crippen LogP contribution in [0.3, 0.4) is 0 Å². The number of fused-ring (bicyclic) bond motifs is 1. The first-order valence-corrected chi connectivity index (χ1v) is 11.6. The number of aromatic nitrogens is 1. The Bertz CT molecular complexity index is 1130. The molecule has 32 heavy (non-hydrogen) atoms. The fraction of sp³-hybridized carbons (Fsp3) is 0.360. The molecule has 2 aromatic carbocycles. The molecule has 1 fully saturated rings. The van der Waals surface area contributed by atoms with Crippen molar-refractivity contribution in [2.24, 2.45) is 11.8 Å². The van der Waals surface area contributed by atoms with Crippen molar-refractivity contribution >= 4 is 46.0 Å². The van der Waals surface area contributed by atoms with Gasteiger partial charge in [0, 0.05) is 34.2 Å². The van der Waals surface area contributed by atoms with Crippen LogP contribution in [0.15, 0.2) is 48.7 Å². The third kappa shape index (κ3) is 4.94. The van der Waals surface area contributed by atoms with Gasteiger partial charge in [0.2, 0.25) is 0 Å². The van der Waals surface area contributed by atoms with Crippen LogP contribution < -0.4 is 5.32 Å². The molecule has 2 N–H and O–H groups in total. The molecule has 1 aliphatic rings. The van der Waals surface area contributed by atoms with Gasteiger partial charge in [0.1, 0.15) is 0 Å². The van der Waals surface area contributed by atoms with Crippen LogP contribution in [-0.2, 0) is 11.3 Å². The predicted octanol–water partition coefficient (Wildman–Crippen LogP) is 6.01. The van der Waals surface area contributed by atoms with Gasteiger partial charge >= 0.3 is 5.97 Å². The summed E-state index contributed by atoms with van der Waals surface area (Å²) in [5.41, 5.74) is 2.46. The van der Waals surface area contributed by atoms with E-state index >= 15 is 0 Å². The lowest BCUT2D eigenvalue weighted by Crippen LogP contribution is -2.40. The maximum absolute atomic E-state index is 13.3. The van der Waals surface area contributed by atoms with Crippen molar-refractivity contribution in [1.29, 1.82) is 0 Å². The fourth-order valence-electron chi connectivity index (χ4n) is 4.67. The number of benzene rings is 2. The predicted molar refractivity (Wildman–Crippen MR) is 128 cm³/mol. The van der Waals surface area contributed by atoms with Crippen molar-refractivity contribution in [2.45, 2.75) is 45.2 Å². The minimum atomic E-state index is -0.720. The third-order valence-corrected chi connectivity index (χ3v) is 6.99. The average Bonchev–Trinajstić information content (AvgIpc) is 3.17. The number of rotatable bonds is 6. The number of carboxylic acids is 1. The molecule has 1 saturated carbocycles. The van der Waals surface area contributed by atoms with Crippen LogP contribution in [0.1, 0.15) is 48.5 Å². The smallest absolute Gasteiger partial charge is 0.306 e. The largest absolute Gasteiger partial charge is 0.481 e. The van der Waals surface area contributed by atoms with Gasteiger partial charge in [-0.25, -0.2) is 0 Å². The van der Waals surface area contributed by atoms with Crippen LogP contribution in [0.5, 0.6) is 0 Å². The van der Waals surface area contributed by atoms with Crippen LogP contribution in [0.4, 0.5) is 0 Å². The third-order valence-electron chi connectivity index (χ3n) is 6.52. The van der Waals surface area contributed by atoms with Crippen LogP contribution in [0, 0.1) is 11.8 Å². The summed E-state index contributed by atoms with van der Waals surface area (Å²) in [4.78, 5) is 24.5. The van der Waals surface area contributed by atoms with Gasteiger partial charge in [0.25, 0.3) is 5.91 Å². The number of amides is 1. The summed E-state index contributed by atoms with van der Waals surface area (Å²) < 4.78 is 2.05. The highest BCUT2D eigenvalue weighted by atomic mass is 35.5. The monoisotopic (exact) mass is 472 g/mol. The van der Waals surface area contributed by atoms with E-state index in [1.807, 2.05) is 54.1 Å². The zero-order valence-electron chi connectivity index (χ0n) is 17.9. The first kappa shape index (κ1) is 22.7. The van der Waals surface area contributed by atoms with Gasteiger partial charge in [0.05, 0.1) is 17.0 Å². The van der Waals surface area contributed by atoms with E-state index in [0.29, 0.717) is 35.0 Å². The average molecular weight is 473 g/mol. The molecule has 1 atom stereocenters. The van der Waals surface area contributed by atoms with E-state index in [4.69, 9.17) is 23.2 Å². The Morgan fingerprint density at radius 1 is 1.06 bits per heavy atom. The molecule has 1 unspecified atom stereocenters. The Hall–Kier alpha value is -2.50. The Kier molecular flexibility index (Phi) is 6.77. The van der Waals surface area contributed by atoms with Crippen molar-refractivity contribution in [1.82, 2.24) is 9.88 Å². The summed E-state index contributed by atoms with van der Waals surface area (Å²) in [7, 11) is 0. The minimum absolute atomic E-state index is 0.0500. The van der Waals surface area contributed by atoms with E-state index in [1.165, 1.54) is 0 Å². The lowest BCUT2D eigenvalue weighted by molar-refractivity contribution is -0.143. The lowest BCUT2D eigenvalue weighted by atomic mass is 9.79. The number of aliphatic carboxylic acids is 1. The summed E-state index contributed by atoms with van der Waals surface area (Å²) >= 11 is 12.3. The van der Waals surface area contributed by atoms with E-state index in [9.17, 15) is 14.7 Å². The number of carbonyl (C=O) groups excluding carboxylic acids is 1. The van der Waals surface area contributed by atoms with Crippen molar-refractivity contribution in [3.05, 3.63) is 69.8 Å². The van der Waals surface area contributed by atoms with Gasteiger partial charge in [-0.2, -0.15) is 0 Å². The second-order valence-electron chi connectivity index (χ2n) is 8.67. The molecule has 0 bridgehead atoms. The maximum atomic E-state index is 13.3. The normalized spacial score (nSPS) is 19.6. The Balaban J connectivity index is 1.55. The van der Waals surface area contributed by atoms with Crippen LogP contribution in [0.2, 0.25) is 10.0 Å². The summed E-state index contributed by atoms with van der Waals surface area (Å²) in [5.74, 6) is -0.882. The Morgan fingerprint density at radius 2 is 1.75 bits per heavy atom. The molecule has 168 valence electrons. The molecule has 1 aliphatic carbocycles. The van der Waals surface area contributed by atoms with E-state index in [2.05, 4.69) is 5.32 Å². The summed E-state index contributed by atoms with van der Waals surface area (Å²) in [6.45, 7) is 2.61. The molecule has 1 heterocycles. The van der Waals surface area contributed by atoms with Crippen molar-refractivity contribution in [3.8, 4) is 0 Å². The second kappa shape index (κ2) is 9.55. The van der Waals surface area contributed by atoms with Gasteiger partial charge in [-0.15, -0.1) is 0 Å². The topological polar surface area (TPSA) is 71.3 Å². The zero-order valence-corrected chi connectivity index (χ0v) is 19.4. The number of carboxylic acid groups (broad SMARTS) is 1. The Labute approximate surface area is 197 Å². The molecule has 5 nitrogen and oxygen atoms in total. The standard InChI is InChI=1S/C25H26Cl2N2O3/c1-15(17-4-6-18(7-5-17)25(31)32)28-24(30)22-13-21(27)12-19-10-11-29(23(19)22)14-16-2-8-20(26)9-3-16/h2-3,8-13,15,17-18H,4-7,14H2,1H3,(H,28,30)(H,31,32)/t15?,17-,18-. The van der Waals surface area contributed by atoms with Crippen molar-refractivity contribution in [3.63, 3.8) is 0 Å². The van der Waals surface area contributed by atoms with Crippen molar-refractivity contribution < 1.29 is 14.7 Å². The molecular weight excluding hydrogens is 447 g/mol. The van der Waals surface area contributed by atoms with E-state index < -0.39 is 5.97 Å². The van der Waals surface area contributed by atoms with E-state index in [1.54, 1.807) is 6.07 Å². The molecule has 4 rings (SSSR count). The fourth-order valence-corrected chi connectivity index (χ4v) is 5.03. The quantitative estimate of drug-likeness (QED) is 0.461. The molecule has 0 saturated heterocycles. The second-order valence-corrected chi connectivity index (χ2v) is 9.55. The van der Waals surface area contributed by atoms with Crippen LogP contribution >= 0.6 is 23.2 Å². The SMILES string of the molecule is CC(NC(=O)c1cc(Cl)cc2ccn(Cc3ccc(Cl)cc3)c12)[C@H]1CC[C@H](C(=O)O)CC1. The maximum Gasteiger partial charge on any atom is 0.306 e. The van der Waals surface area contributed by atoms with Crippen molar-refractivity contribution in [2.75, 3.05) is 0 Å². The molecule has 0 radical (unpaired) electrons. The highest BCUT2D eigenvalue weighted by molar-refractivity contribution is 6.32. The highest BCUT2D eigenvalue weighted by Gasteiger charge is 2.30. The summed E-state index contributed by atoms with van der Waals surface area (Å²) in [6.07, 6.45) is 4.88. The van der Waals surface area contributed by atoms with Gasteiger partial charge < -0.3 is 15.0 Å². The molecule has 3 aromatic rings. The molecular formula is C25H26Cl2N2O3. The summed E-state index contributed by atoms with van der Waals surface area (Å²) in [6, 6.07) is 13.1. The number of halogens is 2. The van der Waals surface area contributed by atoms with Gasteiger partial charge in [-0.05, 0) is 74.4 Å². The lowest BCUT2D eigenvalue weighted by Gasteiger charge is -2.31. The van der Waals surface area contributed by atoms with E-state index in [0.717, 1.165) is 29.3 Å². The molecule has 1 amide bonds. The Morgan fingerprint density at radius 3 is 2.41 bits per heavy atom. The number of hydrogen-bond acceptors (Lipinski definition) is 2. The molecule has 0 aliphatic heterocycles. The van der Waals surface area contributed by atoms with Gasteiger partial charge in [-0.3, -0.25) is 9.59 Å². The van der Waals surface area contributed by atoms with Gasteiger partial charge in [-0.1, -0.05) is 35.3 Å². The number of carbonyl (C=O) groups is 2. The first-order chi connectivity index (χ1) is 15.3. The van der Waals surface area contributed by atoms with E-state index in [-0.39, 0.29) is 23.8 Å². The van der Waals surface area contributed by atoms with Gasteiger partial charge in [0.15, 0.2) is 0 Å². The number of hydrogen-bond donors (Lipinski definition) is 2. The van der Waals surface area contributed by atoms with Crippen LogP contribution in [-0.4, -0.2) is 27.6 Å². The zero-order chi connectivity index (χ0) is 22.8. The number of nitrogens with one attached hydrogen (secondary N) is 1. The minimum Gasteiger partial charge on any atom is -0.481 e. The summed E-state index contributed by atoms with van der Waals surface area (Å²) in [5, 5.41) is 14.5.